The first-order valence-electron chi connectivity index (χ1n) is 5.66. The molecule has 19 heavy (non-hydrogen) atoms. The minimum atomic E-state index is -3.21. The Morgan fingerprint density at radius 2 is 2.21 bits per heavy atom. The van der Waals surface area contributed by atoms with Crippen LogP contribution in [0.5, 0.6) is 5.88 Å². The molecule has 2 rings (SSSR count). The van der Waals surface area contributed by atoms with Crippen LogP contribution in [0.3, 0.4) is 0 Å². The third-order valence-corrected chi connectivity index (χ3v) is 4.48. The fraction of sp³-hybridized carbons (Fsp3) is 0.600. The van der Waals surface area contributed by atoms with Gasteiger partial charge in [-0.05, 0) is 24.4 Å². The predicted octanol–water partition coefficient (Wildman–Crippen LogP) is 1.59. The van der Waals surface area contributed by atoms with E-state index >= 15 is 0 Å². The number of rotatable bonds is 3. The van der Waals surface area contributed by atoms with Gasteiger partial charge in [-0.25, -0.2) is 13.4 Å². The molecule has 1 aliphatic heterocycles. The molecule has 0 radical (unpaired) electrons. The molecule has 0 unspecified atom stereocenters. The summed E-state index contributed by atoms with van der Waals surface area (Å²) in [6, 6.07) is 0. The van der Waals surface area contributed by atoms with Crippen LogP contribution in [0.4, 0.5) is 0 Å². The number of aromatic nitrogens is 2. The normalized spacial score (nSPS) is 21.3. The Balaban J connectivity index is 2.09. The van der Waals surface area contributed by atoms with Crippen LogP contribution in [0.15, 0.2) is 6.20 Å². The van der Waals surface area contributed by atoms with Crippen molar-refractivity contribution in [2.24, 2.45) is 0 Å². The van der Waals surface area contributed by atoms with Crippen molar-refractivity contribution < 1.29 is 13.2 Å². The zero-order valence-corrected chi connectivity index (χ0v) is 12.5. The average molecular weight is 326 g/mol. The molecule has 1 aromatic heterocycles. The Hall–Kier alpha value is -0.630. The molecule has 6 nitrogen and oxygen atoms in total. The van der Waals surface area contributed by atoms with Crippen LogP contribution in [0.25, 0.3) is 0 Å². The van der Waals surface area contributed by atoms with E-state index < -0.39 is 10.0 Å². The Morgan fingerprint density at radius 1 is 1.47 bits per heavy atom. The van der Waals surface area contributed by atoms with Crippen LogP contribution in [0.1, 0.15) is 12.8 Å². The maximum absolute atomic E-state index is 11.5. The molecule has 106 valence electrons. The van der Waals surface area contributed by atoms with E-state index in [4.69, 9.17) is 27.9 Å². The van der Waals surface area contributed by atoms with Crippen molar-refractivity contribution in [3.8, 4) is 5.88 Å². The highest BCUT2D eigenvalue weighted by molar-refractivity contribution is 7.88. The van der Waals surface area contributed by atoms with Crippen molar-refractivity contribution >= 4 is 33.2 Å². The molecular formula is C10H13Cl2N3O3S. The van der Waals surface area contributed by atoms with Crippen molar-refractivity contribution in [2.75, 3.05) is 19.3 Å². The second kappa shape index (κ2) is 5.78. The van der Waals surface area contributed by atoms with Gasteiger partial charge in [-0.2, -0.15) is 9.29 Å². The molecule has 0 amide bonds. The SMILES string of the molecule is CS(=O)(=O)N1CCC[C@@H](Oc2nc(Cl)ncc2Cl)C1. The lowest BCUT2D eigenvalue weighted by Crippen LogP contribution is -2.43. The Morgan fingerprint density at radius 3 is 2.89 bits per heavy atom. The zero-order chi connectivity index (χ0) is 14.0. The first kappa shape index (κ1) is 14.8. The molecule has 1 atom stereocenters. The van der Waals surface area contributed by atoms with Gasteiger partial charge in [0, 0.05) is 6.54 Å². The highest BCUT2D eigenvalue weighted by Crippen LogP contribution is 2.25. The number of ether oxygens (including phenoxy) is 1. The van der Waals surface area contributed by atoms with E-state index in [2.05, 4.69) is 9.97 Å². The number of piperidine rings is 1. The van der Waals surface area contributed by atoms with E-state index in [1.54, 1.807) is 0 Å². The lowest BCUT2D eigenvalue weighted by molar-refractivity contribution is 0.125. The molecule has 0 N–H and O–H groups in total. The van der Waals surface area contributed by atoms with E-state index in [0.29, 0.717) is 6.54 Å². The summed E-state index contributed by atoms with van der Waals surface area (Å²) in [6.07, 6.45) is 3.72. The lowest BCUT2D eigenvalue weighted by Gasteiger charge is -2.30. The van der Waals surface area contributed by atoms with Crippen LogP contribution in [-0.4, -0.2) is 48.1 Å². The fourth-order valence-corrected chi connectivity index (χ4v) is 3.03. The number of nitrogens with zero attached hydrogens (tertiary/aromatic N) is 3. The maximum atomic E-state index is 11.5. The number of hydrogen-bond donors (Lipinski definition) is 0. The minimum Gasteiger partial charge on any atom is -0.472 e. The summed E-state index contributed by atoms with van der Waals surface area (Å²) >= 11 is 11.6. The fourth-order valence-electron chi connectivity index (χ4n) is 1.87. The van der Waals surface area contributed by atoms with Gasteiger partial charge in [-0.3, -0.25) is 0 Å². The monoisotopic (exact) mass is 325 g/mol. The first-order valence-corrected chi connectivity index (χ1v) is 8.26. The van der Waals surface area contributed by atoms with Crippen molar-refractivity contribution in [1.82, 2.24) is 14.3 Å². The van der Waals surface area contributed by atoms with Gasteiger partial charge in [0.25, 0.3) is 0 Å². The molecule has 1 saturated heterocycles. The summed E-state index contributed by atoms with van der Waals surface area (Å²) in [6.45, 7) is 0.799. The van der Waals surface area contributed by atoms with Gasteiger partial charge in [-0.15, -0.1) is 0 Å². The highest BCUT2D eigenvalue weighted by Gasteiger charge is 2.27. The molecule has 0 aliphatic carbocycles. The van der Waals surface area contributed by atoms with E-state index in [0.717, 1.165) is 12.8 Å². The predicted molar refractivity (Wildman–Crippen MR) is 72.1 cm³/mol. The number of hydrogen-bond acceptors (Lipinski definition) is 5. The molecule has 9 heteroatoms. The van der Waals surface area contributed by atoms with Gasteiger partial charge in [0.1, 0.15) is 11.1 Å². The number of halogens is 2. The summed E-state index contributed by atoms with van der Waals surface area (Å²) < 4.78 is 30.0. The summed E-state index contributed by atoms with van der Waals surface area (Å²) in [5.41, 5.74) is 0. The van der Waals surface area contributed by atoms with E-state index in [9.17, 15) is 8.42 Å². The lowest BCUT2D eigenvalue weighted by atomic mass is 10.1. The van der Waals surface area contributed by atoms with Crippen LogP contribution in [0, 0.1) is 0 Å². The molecule has 0 bridgehead atoms. The van der Waals surface area contributed by atoms with Crippen molar-refractivity contribution in [1.29, 1.82) is 0 Å². The van der Waals surface area contributed by atoms with Gasteiger partial charge in [0.05, 0.1) is 19.0 Å². The summed E-state index contributed by atoms with van der Waals surface area (Å²) in [7, 11) is -3.21. The zero-order valence-electron chi connectivity index (χ0n) is 10.2. The largest absolute Gasteiger partial charge is 0.472 e. The van der Waals surface area contributed by atoms with Crippen molar-refractivity contribution in [3.05, 3.63) is 16.5 Å². The van der Waals surface area contributed by atoms with Gasteiger partial charge in [0.15, 0.2) is 0 Å². The smallest absolute Gasteiger partial charge is 0.237 e. The molecule has 1 aromatic rings. The third-order valence-electron chi connectivity index (χ3n) is 2.77. The van der Waals surface area contributed by atoms with E-state index in [-0.39, 0.29) is 28.8 Å². The standard InChI is InChI=1S/C10H13Cl2N3O3S/c1-19(16,17)15-4-2-3-7(6-15)18-9-8(11)5-13-10(12)14-9/h5,7H,2-4,6H2,1H3/t7-/m1/s1. The minimum absolute atomic E-state index is 0.0372. The summed E-state index contributed by atoms with van der Waals surface area (Å²) in [4.78, 5) is 7.61. The molecular weight excluding hydrogens is 313 g/mol. The van der Waals surface area contributed by atoms with Gasteiger partial charge in [0.2, 0.25) is 21.2 Å². The van der Waals surface area contributed by atoms with E-state index in [1.165, 1.54) is 16.8 Å². The van der Waals surface area contributed by atoms with Crippen LogP contribution in [-0.2, 0) is 10.0 Å². The second-order valence-corrected chi connectivity index (χ2v) is 7.02. The van der Waals surface area contributed by atoms with Crippen molar-refractivity contribution in [2.45, 2.75) is 18.9 Å². The van der Waals surface area contributed by atoms with Crippen LogP contribution >= 0.6 is 23.2 Å². The molecule has 1 aliphatic rings. The van der Waals surface area contributed by atoms with Gasteiger partial charge < -0.3 is 4.74 Å². The maximum Gasteiger partial charge on any atom is 0.237 e. The summed E-state index contributed by atoms with van der Waals surface area (Å²) in [5, 5.41) is 0.288. The topological polar surface area (TPSA) is 72.4 Å². The second-order valence-electron chi connectivity index (χ2n) is 4.30. The summed E-state index contributed by atoms with van der Waals surface area (Å²) in [5.74, 6) is 0.182. The quantitative estimate of drug-likeness (QED) is 0.789. The van der Waals surface area contributed by atoms with Crippen LogP contribution < -0.4 is 4.74 Å². The molecule has 1 fully saturated rings. The van der Waals surface area contributed by atoms with E-state index in [1.807, 2.05) is 0 Å². The van der Waals surface area contributed by atoms with Gasteiger partial charge in [-0.1, -0.05) is 11.6 Å². The molecule has 0 saturated carbocycles. The molecule has 0 aromatic carbocycles. The van der Waals surface area contributed by atoms with Gasteiger partial charge >= 0.3 is 0 Å². The molecule has 2 heterocycles. The average Bonchev–Trinajstić information content (AvgIpc) is 2.33. The Labute approximate surface area is 121 Å². The highest BCUT2D eigenvalue weighted by atomic mass is 35.5. The Bertz CT molecular complexity index is 567. The van der Waals surface area contributed by atoms with Crippen LogP contribution in [0.2, 0.25) is 10.3 Å². The molecule has 0 spiro atoms. The third kappa shape index (κ3) is 3.92. The number of sulfonamides is 1. The first-order chi connectivity index (χ1) is 8.86. The van der Waals surface area contributed by atoms with Crippen molar-refractivity contribution in [3.63, 3.8) is 0 Å². The Kier molecular flexibility index (Phi) is 4.50.